The van der Waals surface area contributed by atoms with E-state index in [-0.39, 0.29) is 11.8 Å². The summed E-state index contributed by atoms with van der Waals surface area (Å²) in [6.45, 7) is 6.04. The van der Waals surface area contributed by atoms with Gasteiger partial charge in [0.2, 0.25) is 0 Å². The Hall–Kier alpha value is -1.00. The molecule has 1 aromatic rings. The SMILES string of the molecule is CCCCC[C@H](CC(=O)CC)NS(=O)c1ccc(C)cc1. The summed E-state index contributed by atoms with van der Waals surface area (Å²) in [5, 5.41) is 0. The van der Waals surface area contributed by atoms with Crippen LogP contribution in [0.4, 0.5) is 0 Å². The molecule has 21 heavy (non-hydrogen) atoms. The van der Waals surface area contributed by atoms with Crippen molar-refractivity contribution < 1.29 is 9.00 Å². The van der Waals surface area contributed by atoms with Gasteiger partial charge in [-0.2, -0.15) is 0 Å². The predicted octanol–water partition coefficient (Wildman–Crippen LogP) is 3.93. The van der Waals surface area contributed by atoms with E-state index in [1.165, 1.54) is 0 Å². The standard InChI is InChI=1S/C17H27NO2S/c1-4-6-7-8-15(13-16(19)5-2)18-21(20)17-11-9-14(3)10-12-17/h9-12,15,18H,4-8,13H2,1-3H3/t15-,21?/m1/s1. The van der Waals surface area contributed by atoms with Crippen molar-refractivity contribution in [3.63, 3.8) is 0 Å². The molecule has 1 rings (SSSR count). The van der Waals surface area contributed by atoms with E-state index >= 15 is 0 Å². The summed E-state index contributed by atoms with van der Waals surface area (Å²) < 4.78 is 15.5. The normalized spacial score (nSPS) is 13.9. The third-order valence-corrected chi connectivity index (χ3v) is 4.78. The van der Waals surface area contributed by atoms with Crippen LogP contribution in [0.2, 0.25) is 0 Å². The maximum Gasteiger partial charge on any atom is 0.134 e. The minimum atomic E-state index is -1.25. The number of hydrogen-bond donors (Lipinski definition) is 1. The van der Waals surface area contributed by atoms with Gasteiger partial charge in [-0.05, 0) is 25.5 Å². The first-order valence-electron chi connectivity index (χ1n) is 7.83. The lowest BCUT2D eigenvalue weighted by atomic mass is 10.0. The zero-order valence-corrected chi connectivity index (χ0v) is 14.2. The summed E-state index contributed by atoms with van der Waals surface area (Å²) in [7, 11) is -1.25. The zero-order chi connectivity index (χ0) is 15.7. The lowest BCUT2D eigenvalue weighted by Crippen LogP contribution is -2.33. The average molecular weight is 309 g/mol. The minimum absolute atomic E-state index is 0.00568. The maximum atomic E-state index is 12.4. The number of Topliss-reactive ketones (excluding diaryl/α,β-unsaturated/α-hetero) is 1. The summed E-state index contributed by atoms with van der Waals surface area (Å²) in [5.41, 5.74) is 1.15. The highest BCUT2D eigenvalue weighted by Crippen LogP contribution is 2.12. The highest BCUT2D eigenvalue weighted by atomic mass is 32.2. The van der Waals surface area contributed by atoms with E-state index in [0.717, 1.165) is 36.1 Å². The van der Waals surface area contributed by atoms with Crippen molar-refractivity contribution in [3.8, 4) is 0 Å². The molecule has 0 bridgehead atoms. The highest BCUT2D eigenvalue weighted by Gasteiger charge is 2.16. The Morgan fingerprint density at radius 1 is 1.19 bits per heavy atom. The molecule has 0 heterocycles. The van der Waals surface area contributed by atoms with Crippen LogP contribution in [0.3, 0.4) is 0 Å². The van der Waals surface area contributed by atoms with E-state index in [2.05, 4.69) is 11.6 Å². The quantitative estimate of drug-likeness (QED) is 0.666. The summed E-state index contributed by atoms with van der Waals surface area (Å²) in [6.07, 6.45) is 5.28. The summed E-state index contributed by atoms with van der Waals surface area (Å²) in [4.78, 5) is 12.4. The van der Waals surface area contributed by atoms with Crippen molar-refractivity contribution in [3.05, 3.63) is 29.8 Å². The Morgan fingerprint density at radius 3 is 2.43 bits per heavy atom. The number of hydrogen-bond acceptors (Lipinski definition) is 2. The molecular formula is C17H27NO2S. The summed E-state index contributed by atoms with van der Waals surface area (Å²) >= 11 is 0. The first-order valence-corrected chi connectivity index (χ1v) is 8.98. The van der Waals surface area contributed by atoms with E-state index in [0.29, 0.717) is 12.8 Å². The first kappa shape index (κ1) is 18.1. The molecule has 0 aliphatic heterocycles. The van der Waals surface area contributed by atoms with Gasteiger partial charge in [-0.3, -0.25) is 4.79 Å². The van der Waals surface area contributed by atoms with Crippen LogP contribution in [0.5, 0.6) is 0 Å². The van der Waals surface area contributed by atoms with Crippen molar-refractivity contribution in [1.82, 2.24) is 4.72 Å². The fourth-order valence-corrected chi connectivity index (χ4v) is 3.17. The van der Waals surface area contributed by atoms with Gasteiger partial charge in [-0.25, -0.2) is 8.93 Å². The third kappa shape index (κ3) is 7.00. The van der Waals surface area contributed by atoms with Gasteiger partial charge in [0.15, 0.2) is 0 Å². The molecule has 0 radical (unpaired) electrons. The molecule has 0 saturated heterocycles. The summed E-state index contributed by atoms with van der Waals surface area (Å²) in [6, 6.07) is 7.68. The molecule has 1 N–H and O–H groups in total. The molecule has 4 heteroatoms. The second-order valence-electron chi connectivity index (χ2n) is 5.49. The van der Waals surface area contributed by atoms with E-state index in [9.17, 15) is 9.00 Å². The smallest absolute Gasteiger partial charge is 0.134 e. The van der Waals surface area contributed by atoms with Gasteiger partial charge in [0.25, 0.3) is 0 Å². The molecule has 1 aromatic carbocycles. The first-order chi connectivity index (χ1) is 10.1. The highest BCUT2D eigenvalue weighted by molar-refractivity contribution is 7.83. The molecule has 0 spiro atoms. The Morgan fingerprint density at radius 2 is 1.86 bits per heavy atom. The lowest BCUT2D eigenvalue weighted by Gasteiger charge is -2.17. The van der Waals surface area contributed by atoms with Crippen LogP contribution in [-0.4, -0.2) is 16.0 Å². The van der Waals surface area contributed by atoms with E-state index < -0.39 is 11.0 Å². The molecule has 3 nitrogen and oxygen atoms in total. The monoisotopic (exact) mass is 309 g/mol. The van der Waals surface area contributed by atoms with Crippen LogP contribution in [0.1, 0.15) is 57.9 Å². The van der Waals surface area contributed by atoms with Gasteiger partial charge < -0.3 is 0 Å². The average Bonchev–Trinajstić information content (AvgIpc) is 2.47. The number of benzene rings is 1. The summed E-state index contributed by atoms with van der Waals surface area (Å²) in [5.74, 6) is 0.227. The minimum Gasteiger partial charge on any atom is -0.300 e. The Bertz CT molecular complexity index is 456. The Labute approximate surface area is 131 Å². The van der Waals surface area contributed by atoms with Gasteiger partial charge in [-0.1, -0.05) is 50.8 Å². The van der Waals surface area contributed by atoms with Gasteiger partial charge in [0.05, 0.1) is 4.90 Å². The van der Waals surface area contributed by atoms with Crippen LogP contribution < -0.4 is 4.72 Å². The van der Waals surface area contributed by atoms with Crippen LogP contribution in [0, 0.1) is 6.92 Å². The fraction of sp³-hybridized carbons (Fsp3) is 0.588. The predicted molar refractivity (Wildman–Crippen MR) is 88.6 cm³/mol. The largest absolute Gasteiger partial charge is 0.300 e. The number of nitrogens with one attached hydrogen (secondary N) is 1. The number of ketones is 1. The van der Waals surface area contributed by atoms with Crippen LogP contribution in [0.25, 0.3) is 0 Å². The molecule has 2 atom stereocenters. The zero-order valence-electron chi connectivity index (χ0n) is 13.4. The molecule has 0 fully saturated rings. The molecule has 118 valence electrons. The lowest BCUT2D eigenvalue weighted by molar-refractivity contribution is -0.119. The molecular weight excluding hydrogens is 282 g/mol. The topological polar surface area (TPSA) is 46.2 Å². The molecule has 0 aliphatic carbocycles. The Kier molecular flexibility index (Phi) is 8.47. The maximum absolute atomic E-state index is 12.4. The van der Waals surface area contributed by atoms with E-state index in [1.54, 1.807) is 0 Å². The number of carbonyl (C=O) groups is 1. The third-order valence-electron chi connectivity index (χ3n) is 3.53. The van der Waals surface area contributed by atoms with Gasteiger partial charge in [-0.15, -0.1) is 0 Å². The van der Waals surface area contributed by atoms with E-state index in [1.807, 2.05) is 38.1 Å². The second kappa shape index (κ2) is 9.85. The fourth-order valence-electron chi connectivity index (χ4n) is 2.14. The van der Waals surface area contributed by atoms with Crippen molar-refractivity contribution in [1.29, 1.82) is 0 Å². The van der Waals surface area contributed by atoms with Gasteiger partial charge in [0.1, 0.15) is 16.8 Å². The van der Waals surface area contributed by atoms with Crippen molar-refractivity contribution in [2.24, 2.45) is 0 Å². The number of aryl methyl sites for hydroxylation is 1. The molecule has 0 saturated carbocycles. The molecule has 1 unspecified atom stereocenters. The van der Waals surface area contributed by atoms with Gasteiger partial charge >= 0.3 is 0 Å². The van der Waals surface area contributed by atoms with Crippen molar-refractivity contribution in [2.45, 2.75) is 70.2 Å². The second-order valence-corrected chi connectivity index (χ2v) is 6.73. The van der Waals surface area contributed by atoms with Crippen LogP contribution >= 0.6 is 0 Å². The molecule has 0 aromatic heterocycles. The van der Waals surface area contributed by atoms with Crippen molar-refractivity contribution >= 4 is 16.8 Å². The number of rotatable bonds is 10. The van der Waals surface area contributed by atoms with Crippen LogP contribution in [0.15, 0.2) is 29.2 Å². The van der Waals surface area contributed by atoms with Crippen molar-refractivity contribution in [2.75, 3.05) is 0 Å². The van der Waals surface area contributed by atoms with E-state index in [4.69, 9.17) is 0 Å². The van der Waals surface area contributed by atoms with Crippen LogP contribution in [-0.2, 0) is 15.8 Å². The van der Waals surface area contributed by atoms with Gasteiger partial charge in [0, 0.05) is 18.9 Å². The molecule has 0 amide bonds. The Balaban J connectivity index is 2.62. The molecule has 0 aliphatic rings. The number of unbranched alkanes of at least 4 members (excludes halogenated alkanes) is 2. The number of carbonyl (C=O) groups excluding carboxylic acids is 1.